The van der Waals surface area contributed by atoms with E-state index in [-0.39, 0.29) is 0 Å². The van der Waals surface area contributed by atoms with Crippen LogP contribution in [0.5, 0.6) is 0 Å². The van der Waals surface area contributed by atoms with Gasteiger partial charge >= 0.3 is 0 Å². The molecule has 0 radical (unpaired) electrons. The third-order valence-corrected chi connectivity index (χ3v) is 2.75. The molecule has 74 valence electrons. The van der Waals surface area contributed by atoms with Gasteiger partial charge in [0.25, 0.3) is 0 Å². The van der Waals surface area contributed by atoms with Crippen molar-refractivity contribution in [2.24, 2.45) is 5.41 Å². The van der Waals surface area contributed by atoms with E-state index in [4.69, 9.17) is 0 Å². The zero-order valence-corrected chi connectivity index (χ0v) is 9.70. The summed E-state index contributed by atoms with van der Waals surface area (Å²) in [5, 5.41) is 0. The maximum Gasteiger partial charge on any atom is -0.0129 e. The van der Waals surface area contributed by atoms with E-state index >= 15 is 0 Å². The molecule has 1 rings (SSSR count). The van der Waals surface area contributed by atoms with Crippen molar-refractivity contribution in [1.29, 1.82) is 0 Å². The van der Waals surface area contributed by atoms with Crippen molar-refractivity contribution in [2.45, 2.75) is 53.9 Å². The molecular weight excluding hydrogens is 156 g/mol. The van der Waals surface area contributed by atoms with Gasteiger partial charge in [-0.2, -0.15) is 0 Å². The molecular formula is C13H22. The number of allylic oxidation sites excluding steroid dienone is 4. The highest BCUT2D eigenvalue weighted by Crippen LogP contribution is 2.41. The molecule has 0 aromatic carbocycles. The van der Waals surface area contributed by atoms with Crippen LogP contribution in [-0.4, -0.2) is 0 Å². The third kappa shape index (κ3) is 2.24. The van der Waals surface area contributed by atoms with E-state index in [1.54, 1.807) is 11.1 Å². The molecule has 0 N–H and O–H groups in total. The van der Waals surface area contributed by atoms with Crippen LogP contribution in [0.1, 0.15) is 53.9 Å². The first kappa shape index (κ1) is 10.6. The lowest BCUT2D eigenvalue weighted by atomic mass is 9.73. The van der Waals surface area contributed by atoms with Gasteiger partial charge < -0.3 is 0 Å². The molecule has 0 saturated heterocycles. The first-order valence-electron chi connectivity index (χ1n) is 5.39. The van der Waals surface area contributed by atoms with Crippen LogP contribution in [0.25, 0.3) is 0 Å². The Balaban J connectivity index is 2.67. The Morgan fingerprint density at radius 3 is 2.23 bits per heavy atom. The summed E-state index contributed by atoms with van der Waals surface area (Å²) in [6.45, 7) is 11.4. The van der Waals surface area contributed by atoms with Gasteiger partial charge in [-0.25, -0.2) is 0 Å². The highest BCUT2D eigenvalue weighted by Gasteiger charge is 2.25. The van der Waals surface area contributed by atoms with Crippen molar-refractivity contribution in [2.75, 3.05) is 0 Å². The highest BCUT2D eigenvalue weighted by atomic mass is 14.3. The van der Waals surface area contributed by atoms with E-state index in [0.717, 1.165) is 0 Å². The molecule has 0 amide bonds. The minimum absolute atomic E-state index is 0.350. The van der Waals surface area contributed by atoms with Gasteiger partial charge in [0.05, 0.1) is 0 Å². The maximum atomic E-state index is 2.35. The number of rotatable bonds is 3. The molecule has 0 aromatic heterocycles. The summed E-state index contributed by atoms with van der Waals surface area (Å²) < 4.78 is 0. The lowest BCUT2D eigenvalue weighted by molar-refractivity contribution is 0.501. The third-order valence-electron chi connectivity index (χ3n) is 2.75. The fourth-order valence-corrected chi connectivity index (χ4v) is 1.88. The predicted molar refractivity (Wildman–Crippen MR) is 59.8 cm³/mol. The summed E-state index contributed by atoms with van der Waals surface area (Å²) >= 11 is 0. The first-order chi connectivity index (χ1) is 5.96. The van der Waals surface area contributed by atoms with Crippen LogP contribution >= 0.6 is 0 Å². The Labute approximate surface area is 82.7 Å². The topological polar surface area (TPSA) is 0 Å². The summed E-state index contributed by atoms with van der Waals surface area (Å²) in [5.74, 6) is 0. The van der Waals surface area contributed by atoms with Gasteiger partial charge in [-0.1, -0.05) is 40.2 Å². The molecule has 0 heteroatoms. The van der Waals surface area contributed by atoms with Gasteiger partial charge in [-0.15, -0.1) is 0 Å². The minimum Gasteiger partial charge on any atom is -0.0654 e. The van der Waals surface area contributed by atoms with E-state index in [0.29, 0.717) is 5.41 Å². The molecule has 0 saturated carbocycles. The second-order valence-corrected chi connectivity index (χ2v) is 5.07. The molecule has 1 aliphatic carbocycles. The van der Waals surface area contributed by atoms with Crippen molar-refractivity contribution in [3.63, 3.8) is 0 Å². The average Bonchev–Trinajstić information content (AvgIpc) is 1.99. The van der Waals surface area contributed by atoms with Crippen LogP contribution in [0.2, 0.25) is 0 Å². The van der Waals surface area contributed by atoms with Gasteiger partial charge in [0.1, 0.15) is 0 Å². The second-order valence-electron chi connectivity index (χ2n) is 5.07. The summed E-state index contributed by atoms with van der Waals surface area (Å²) in [6.07, 6.45) is 6.27. The van der Waals surface area contributed by atoms with Gasteiger partial charge in [-0.05, 0) is 41.9 Å². The number of hydrogen-bond acceptors (Lipinski definition) is 0. The van der Waals surface area contributed by atoms with Crippen LogP contribution < -0.4 is 0 Å². The Hall–Kier alpha value is -0.520. The number of unbranched alkanes of at least 4 members (excludes halogenated alkanes) is 1. The van der Waals surface area contributed by atoms with Gasteiger partial charge in [0.2, 0.25) is 0 Å². The zero-order chi connectivity index (χ0) is 10.1. The molecule has 0 atom stereocenters. The van der Waals surface area contributed by atoms with Crippen molar-refractivity contribution >= 4 is 0 Å². The Morgan fingerprint density at radius 2 is 1.85 bits per heavy atom. The quantitative estimate of drug-likeness (QED) is 0.597. The van der Waals surface area contributed by atoms with Gasteiger partial charge in [0, 0.05) is 0 Å². The lowest BCUT2D eigenvalue weighted by Gasteiger charge is -2.32. The van der Waals surface area contributed by atoms with E-state index < -0.39 is 0 Å². The summed E-state index contributed by atoms with van der Waals surface area (Å²) in [6, 6.07) is 0. The fraction of sp³-hybridized carbons (Fsp3) is 0.692. The molecule has 1 aliphatic rings. The van der Waals surface area contributed by atoms with Crippen LogP contribution in [0, 0.1) is 5.41 Å². The number of hydrogen-bond donors (Lipinski definition) is 0. The lowest BCUT2D eigenvalue weighted by Crippen LogP contribution is -2.17. The van der Waals surface area contributed by atoms with Crippen molar-refractivity contribution in [3.8, 4) is 0 Å². The first-order valence-corrected chi connectivity index (χ1v) is 5.39. The monoisotopic (exact) mass is 178 g/mol. The van der Waals surface area contributed by atoms with E-state index in [9.17, 15) is 0 Å². The summed E-state index contributed by atoms with van der Waals surface area (Å²) in [5.41, 5.74) is 5.08. The fourth-order valence-electron chi connectivity index (χ4n) is 1.88. The Bertz CT molecular complexity index is 246. The SMILES string of the molecule is CCCCC1=C(C(C)(C)C)C=C1C. The van der Waals surface area contributed by atoms with Crippen molar-refractivity contribution in [3.05, 3.63) is 22.8 Å². The average molecular weight is 178 g/mol. The normalized spacial score (nSPS) is 17.2. The summed E-state index contributed by atoms with van der Waals surface area (Å²) in [7, 11) is 0. The molecule has 0 spiro atoms. The standard InChI is InChI=1S/C13H22/c1-6-7-8-11-10(2)9-12(11)13(3,4)5/h9H,6-8H2,1-5H3. The molecule has 0 nitrogen and oxygen atoms in total. The smallest absolute Gasteiger partial charge is 0.0129 e. The molecule has 0 bridgehead atoms. The molecule has 0 aromatic rings. The van der Waals surface area contributed by atoms with E-state index in [1.165, 1.54) is 24.8 Å². The van der Waals surface area contributed by atoms with Crippen molar-refractivity contribution < 1.29 is 0 Å². The molecule has 13 heavy (non-hydrogen) atoms. The Kier molecular flexibility index (Phi) is 3.00. The van der Waals surface area contributed by atoms with Gasteiger partial charge in [0.15, 0.2) is 0 Å². The van der Waals surface area contributed by atoms with E-state index in [2.05, 4.69) is 40.7 Å². The second kappa shape index (κ2) is 3.69. The van der Waals surface area contributed by atoms with Crippen LogP contribution in [-0.2, 0) is 0 Å². The van der Waals surface area contributed by atoms with Crippen LogP contribution in [0.3, 0.4) is 0 Å². The van der Waals surface area contributed by atoms with E-state index in [1.807, 2.05) is 0 Å². The molecule has 0 heterocycles. The molecule has 0 aliphatic heterocycles. The molecule has 0 fully saturated rings. The van der Waals surface area contributed by atoms with Gasteiger partial charge in [-0.3, -0.25) is 0 Å². The highest BCUT2D eigenvalue weighted by molar-refractivity contribution is 5.53. The predicted octanol–water partition coefficient (Wildman–Crippen LogP) is 4.48. The zero-order valence-electron chi connectivity index (χ0n) is 9.70. The molecule has 0 unspecified atom stereocenters. The minimum atomic E-state index is 0.350. The van der Waals surface area contributed by atoms with Crippen LogP contribution in [0.4, 0.5) is 0 Å². The largest absolute Gasteiger partial charge is 0.0654 e. The Morgan fingerprint density at radius 1 is 1.23 bits per heavy atom. The van der Waals surface area contributed by atoms with Crippen molar-refractivity contribution in [1.82, 2.24) is 0 Å². The maximum absolute atomic E-state index is 2.35. The summed E-state index contributed by atoms with van der Waals surface area (Å²) in [4.78, 5) is 0. The van der Waals surface area contributed by atoms with Crippen LogP contribution in [0.15, 0.2) is 22.8 Å².